The van der Waals surface area contributed by atoms with E-state index in [1.807, 2.05) is 6.07 Å². The van der Waals surface area contributed by atoms with Crippen LogP contribution in [0, 0.1) is 28.8 Å². The highest BCUT2D eigenvalue weighted by atomic mass is 32.1. The molecule has 4 aromatic rings. The van der Waals surface area contributed by atoms with E-state index in [-0.39, 0.29) is 59.1 Å². The van der Waals surface area contributed by atoms with Gasteiger partial charge in [-0.1, -0.05) is 30.3 Å². The number of pyridine rings is 1. The van der Waals surface area contributed by atoms with Crippen LogP contribution in [0.3, 0.4) is 0 Å². The number of anilines is 1. The molecular formula is C28H26F3N5O2S. The number of nitrogens with zero attached hydrogens (tertiary/aromatic N) is 2. The fourth-order valence-corrected chi connectivity index (χ4v) is 4.94. The average molecular weight is 554 g/mol. The highest BCUT2D eigenvalue weighted by molar-refractivity contribution is 7.59. The predicted octanol–water partition coefficient (Wildman–Crippen LogP) is 5.20. The Kier molecular flexibility index (Phi) is 8.47. The highest BCUT2D eigenvalue weighted by Crippen LogP contribution is 2.34. The minimum atomic E-state index is -1.30. The van der Waals surface area contributed by atoms with Gasteiger partial charge in [0, 0.05) is 35.3 Å². The third-order valence-electron chi connectivity index (χ3n) is 6.78. The molecule has 2 heterocycles. The number of fused-ring (bicyclic) bond motifs is 1. The van der Waals surface area contributed by atoms with Gasteiger partial charge in [0.1, 0.15) is 17.7 Å². The van der Waals surface area contributed by atoms with Crippen molar-refractivity contribution in [2.75, 3.05) is 5.32 Å². The Bertz CT molecular complexity index is 1540. The molecule has 11 heteroatoms. The lowest BCUT2D eigenvalue weighted by Crippen LogP contribution is -2.43. The van der Waals surface area contributed by atoms with E-state index < -0.39 is 29.5 Å². The normalized spacial score (nSPS) is 17.6. The number of carbonyl (C=O) groups excluding carboxylic acids is 1. The summed E-state index contributed by atoms with van der Waals surface area (Å²) in [6, 6.07) is 12.9. The smallest absolute Gasteiger partial charge is 0.253 e. The molecule has 2 aromatic heterocycles. The monoisotopic (exact) mass is 553 g/mol. The van der Waals surface area contributed by atoms with E-state index in [9.17, 15) is 28.3 Å². The molecule has 0 spiro atoms. The topological polar surface area (TPSA) is 114 Å². The van der Waals surface area contributed by atoms with Gasteiger partial charge < -0.3 is 20.7 Å². The Labute approximate surface area is 229 Å². The second kappa shape index (κ2) is 11.8. The van der Waals surface area contributed by atoms with Crippen molar-refractivity contribution in [3.8, 4) is 17.3 Å². The van der Waals surface area contributed by atoms with Crippen molar-refractivity contribution >= 4 is 36.1 Å². The molecule has 1 aliphatic rings. The molecule has 1 aliphatic carbocycles. The molecule has 202 valence electrons. The fourth-order valence-electron chi connectivity index (χ4n) is 4.94. The number of benzene rings is 2. The van der Waals surface area contributed by atoms with Gasteiger partial charge >= 0.3 is 0 Å². The van der Waals surface area contributed by atoms with Crippen LogP contribution >= 0.6 is 13.5 Å². The maximum absolute atomic E-state index is 14.9. The number of amides is 1. The zero-order chi connectivity index (χ0) is 26.8. The largest absolute Gasteiger partial charge is 0.378 e. The SMILES string of the molecule is N#Cc1cc(F)c(N[C@@H]2CCC[C@H](NC(=O)[C@@H](O)c3ccccc3)C2)nc1-c1c[nH]c2c(F)cc(F)cc12.S. The van der Waals surface area contributed by atoms with Gasteiger partial charge in [0.25, 0.3) is 5.91 Å². The Hall–Kier alpha value is -4.01. The molecule has 1 amide bonds. The first kappa shape index (κ1) is 28.0. The second-order valence-corrected chi connectivity index (χ2v) is 9.37. The van der Waals surface area contributed by atoms with Crippen LogP contribution in [0.15, 0.2) is 54.7 Å². The first-order valence-electron chi connectivity index (χ1n) is 12.2. The van der Waals surface area contributed by atoms with Crippen LogP contribution in [0.4, 0.5) is 19.0 Å². The minimum Gasteiger partial charge on any atom is -0.378 e. The van der Waals surface area contributed by atoms with Crippen molar-refractivity contribution in [2.45, 2.75) is 43.9 Å². The van der Waals surface area contributed by atoms with E-state index in [1.165, 1.54) is 6.20 Å². The van der Waals surface area contributed by atoms with Crippen LogP contribution in [0.2, 0.25) is 0 Å². The molecule has 2 aromatic carbocycles. The molecule has 7 nitrogen and oxygen atoms in total. The van der Waals surface area contributed by atoms with E-state index in [4.69, 9.17) is 0 Å². The second-order valence-electron chi connectivity index (χ2n) is 9.37. The highest BCUT2D eigenvalue weighted by Gasteiger charge is 2.27. The van der Waals surface area contributed by atoms with Crippen LogP contribution in [0.5, 0.6) is 0 Å². The molecule has 3 atom stereocenters. The molecule has 4 N–H and O–H groups in total. The lowest BCUT2D eigenvalue weighted by atomic mass is 9.90. The van der Waals surface area contributed by atoms with Crippen molar-refractivity contribution in [3.05, 3.63) is 83.3 Å². The fraction of sp³-hybridized carbons (Fsp3) is 0.250. The van der Waals surface area contributed by atoms with E-state index in [0.717, 1.165) is 24.6 Å². The van der Waals surface area contributed by atoms with Gasteiger partial charge in [0.15, 0.2) is 17.7 Å². The van der Waals surface area contributed by atoms with Gasteiger partial charge in [-0.3, -0.25) is 4.79 Å². The predicted molar refractivity (Wildman–Crippen MR) is 146 cm³/mol. The molecule has 0 saturated heterocycles. The Morgan fingerprint density at radius 1 is 1.10 bits per heavy atom. The van der Waals surface area contributed by atoms with Gasteiger partial charge in [-0.15, -0.1) is 0 Å². The van der Waals surface area contributed by atoms with Gasteiger partial charge in [-0.25, -0.2) is 18.2 Å². The Morgan fingerprint density at radius 2 is 1.85 bits per heavy atom. The first-order chi connectivity index (χ1) is 18.3. The molecule has 39 heavy (non-hydrogen) atoms. The van der Waals surface area contributed by atoms with Crippen LogP contribution < -0.4 is 10.6 Å². The number of H-pyrrole nitrogens is 1. The van der Waals surface area contributed by atoms with E-state index in [0.29, 0.717) is 24.8 Å². The lowest BCUT2D eigenvalue weighted by molar-refractivity contribution is -0.130. The van der Waals surface area contributed by atoms with E-state index >= 15 is 0 Å². The number of hydrogen-bond acceptors (Lipinski definition) is 5. The number of carbonyl (C=O) groups is 1. The number of nitrogens with one attached hydrogen (secondary N) is 3. The average Bonchev–Trinajstić information content (AvgIpc) is 3.34. The molecule has 1 saturated carbocycles. The molecule has 0 bridgehead atoms. The quantitative estimate of drug-likeness (QED) is 0.262. The first-order valence-corrected chi connectivity index (χ1v) is 12.2. The van der Waals surface area contributed by atoms with Gasteiger partial charge in [-0.05, 0) is 43.4 Å². The summed E-state index contributed by atoms with van der Waals surface area (Å²) in [5.41, 5.74) is 0.807. The Morgan fingerprint density at radius 3 is 2.59 bits per heavy atom. The number of aromatic amines is 1. The Balaban J connectivity index is 0.00000353. The zero-order valence-electron chi connectivity index (χ0n) is 20.6. The number of halogens is 3. The number of hydrogen-bond donors (Lipinski definition) is 4. The summed E-state index contributed by atoms with van der Waals surface area (Å²) >= 11 is 0. The summed E-state index contributed by atoms with van der Waals surface area (Å²) in [7, 11) is 0. The molecule has 5 rings (SSSR count). The van der Waals surface area contributed by atoms with Gasteiger partial charge in [-0.2, -0.15) is 18.8 Å². The summed E-state index contributed by atoms with van der Waals surface area (Å²) in [6.45, 7) is 0. The molecule has 0 aliphatic heterocycles. The zero-order valence-corrected chi connectivity index (χ0v) is 21.6. The van der Waals surface area contributed by atoms with Crippen LogP contribution in [0.1, 0.15) is 42.9 Å². The van der Waals surface area contributed by atoms with Crippen molar-refractivity contribution in [2.24, 2.45) is 0 Å². The standard InChI is InChI=1S/C28H24F3N5O2.H2S/c29-17-10-20-21(14-33-25(20)22(30)11-17)24-16(13-32)9-23(31)27(36-24)34-18-7-4-8-19(12-18)35-28(38)26(37)15-5-2-1-3-6-15;/h1-3,5-6,9-11,14,18-19,26,33,37H,4,7-8,12H2,(H,34,36)(H,35,38);1H2/t18-,19+,26+;/m1./s1. The molecule has 0 unspecified atom stereocenters. The maximum Gasteiger partial charge on any atom is 0.253 e. The van der Waals surface area contributed by atoms with Crippen molar-refractivity contribution in [3.63, 3.8) is 0 Å². The van der Waals surface area contributed by atoms with Crippen molar-refractivity contribution in [1.29, 1.82) is 5.26 Å². The summed E-state index contributed by atoms with van der Waals surface area (Å²) in [4.78, 5) is 19.7. The summed E-state index contributed by atoms with van der Waals surface area (Å²) in [6.07, 6.45) is 2.71. The summed E-state index contributed by atoms with van der Waals surface area (Å²) < 4.78 is 43.1. The van der Waals surface area contributed by atoms with Crippen LogP contribution in [-0.4, -0.2) is 33.1 Å². The van der Waals surface area contributed by atoms with Gasteiger partial charge in [0.2, 0.25) is 0 Å². The molecular weight excluding hydrogens is 527 g/mol. The lowest BCUT2D eigenvalue weighted by Gasteiger charge is -2.31. The maximum atomic E-state index is 14.9. The van der Waals surface area contributed by atoms with Crippen LogP contribution in [-0.2, 0) is 4.79 Å². The molecule has 1 fully saturated rings. The number of aliphatic hydroxyl groups excluding tert-OH is 1. The van der Waals surface area contributed by atoms with Crippen molar-refractivity contribution in [1.82, 2.24) is 15.3 Å². The third kappa shape index (κ3) is 5.87. The minimum absolute atomic E-state index is 0. The van der Waals surface area contributed by atoms with Crippen molar-refractivity contribution < 1.29 is 23.1 Å². The number of aliphatic hydroxyl groups is 1. The number of aromatic nitrogens is 2. The number of nitriles is 1. The van der Waals surface area contributed by atoms with Crippen LogP contribution in [0.25, 0.3) is 22.2 Å². The summed E-state index contributed by atoms with van der Waals surface area (Å²) in [5, 5.41) is 26.1. The summed E-state index contributed by atoms with van der Waals surface area (Å²) in [5.74, 6) is -2.94. The molecule has 0 radical (unpaired) electrons. The van der Waals surface area contributed by atoms with E-state index in [1.54, 1.807) is 30.3 Å². The third-order valence-corrected chi connectivity index (χ3v) is 6.78. The number of rotatable bonds is 6. The van der Waals surface area contributed by atoms with Gasteiger partial charge in [0.05, 0.1) is 16.8 Å². The van der Waals surface area contributed by atoms with E-state index in [2.05, 4.69) is 20.6 Å².